The van der Waals surface area contributed by atoms with Gasteiger partial charge >= 0.3 is 5.97 Å². The van der Waals surface area contributed by atoms with Crippen LogP contribution in [0.1, 0.15) is 5.56 Å². The van der Waals surface area contributed by atoms with E-state index in [0.717, 1.165) is 5.56 Å². The van der Waals surface area contributed by atoms with E-state index in [-0.39, 0.29) is 12.2 Å². The molecule has 0 aliphatic carbocycles. The second-order valence-corrected chi connectivity index (χ2v) is 10.5. The summed E-state index contributed by atoms with van der Waals surface area (Å²) in [6.07, 6.45) is 2.74. The molecule has 0 saturated carbocycles. The Kier molecular flexibility index (Phi) is 5.48. The molecule has 0 unspecified atom stereocenters. The number of hydrogen-bond acceptors (Lipinski definition) is 3. The number of nitriles is 1. The van der Waals surface area contributed by atoms with E-state index in [2.05, 4.69) is 38.4 Å². The molecule has 0 fully saturated rings. The quantitative estimate of drug-likeness (QED) is 0.275. The number of hydrogen-bond donors (Lipinski definition) is 0. The smallest absolute Gasteiger partial charge is 0.349 e. The summed E-state index contributed by atoms with van der Waals surface area (Å²) in [6.45, 7) is 10.5. The van der Waals surface area contributed by atoms with Gasteiger partial charge in [0.15, 0.2) is 0 Å². The number of esters is 1. The highest BCUT2D eigenvalue weighted by Crippen LogP contribution is 2.07. The van der Waals surface area contributed by atoms with Crippen LogP contribution < -0.4 is 5.19 Å². The van der Waals surface area contributed by atoms with E-state index in [1.54, 1.807) is 6.07 Å². The molecule has 20 heavy (non-hydrogen) atoms. The molecule has 0 aliphatic rings. The van der Waals surface area contributed by atoms with Gasteiger partial charge in [-0.2, -0.15) is 5.26 Å². The monoisotopic (exact) mass is 285 g/mol. The van der Waals surface area contributed by atoms with Gasteiger partial charge in [-0.15, -0.1) is 0 Å². The van der Waals surface area contributed by atoms with Gasteiger partial charge in [0, 0.05) is 0 Å². The van der Waals surface area contributed by atoms with Crippen molar-refractivity contribution in [2.75, 3.05) is 0 Å². The molecule has 0 spiro atoms. The lowest BCUT2D eigenvalue weighted by molar-refractivity contribution is -0.139. The van der Waals surface area contributed by atoms with Crippen molar-refractivity contribution in [2.24, 2.45) is 0 Å². The van der Waals surface area contributed by atoms with Gasteiger partial charge in [0.25, 0.3) is 0 Å². The molecule has 3 nitrogen and oxygen atoms in total. The Labute approximate surface area is 121 Å². The maximum Gasteiger partial charge on any atom is 0.349 e. The summed E-state index contributed by atoms with van der Waals surface area (Å²) in [6, 6.07) is 9.88. The molecule has 1 rings (SSSR count). The fourth-order valence-corrected chi connectivity index (χ4v) is 2.76. The van der Waals surface area contributed by atoms with Crippen LogP contribution >= 0.6 is 0 Å². The van der Waals surface area contributed by atoms with E-state index in [9.17, 15) is 4.79 Å². The minimum Gasteiger partial charge on any atom is -0.457 e. The lowest BCUT2D eigenvalue weighted by Crippen LogP contribution is -2.37. The average Bonchev–Trinajstić information content (AvgIpc) is 2.41. The number of nitrogens with zero attached hydrogens (tertiary/aromatic N) is 1. The largest absolute Gasteiger partial charge is 0.457 e. The molecule has 1 aromatic rings. The van der Waals surface area contributed by atoms with Crippen molar-refractivity contribution in [1.29, 1.82) is 5.26 Å². The third-order valence-electron chi connectivity index (χ3n) is 2.81. The third kappa shape index (κ3) is 4.52. The van der Waals surface area contributed by atoms with Crippen molar-refractivity contribution >= 4 is 19.2 Å². The Morgan fingerprint density at radius 2 is 1.95 bits per heavy atom. The van der Waals surface area contributed by atoms with Crippen molar-refractivity contribution in [1.82, 2.24) is 0 Å². The first kappa shape index (κ1) is 15.9. The Bertz CT molecular complexity index is 560. The van der Waals surface area contributed by atoms with E-state index in [1.807, 2.05) is 12.1 Å². The molecular formula is C16H19NO2Si. The van der Waals surface area contributed by atoms with Crippen molar-refractivity contribution in [2.45, 2.75) is 26.2 Å². The number of rotatable bonds is 5. The molecule has 0 saturated heterocycles. The SMILES string of the molecule is C=CC=C(C#N)C(=O)OCc1ccc([Si](C)(C)C)cc1. The van der Waals surface area contributed by atoms with Gasteiger partial charge < -0.3 is 4.74 Å². The van der Waals surface area contributed by atoms with Crippen LogP contribution in [0.4, 0.5) is 0 Å². The maximum atomic E-state index is 11.6. The van der Waals surface area contributed by atoms with Crippen LogP contribution in [0.25, 0.3) is 0 Å². The molecule has 0 amide bonds. The first-order chi connectivity index (χ1) is 9.38. The number of ether oxygens (including phenoxy) is 1. The van der Waals surface area contributed by atoms with Gasteiger partial charge in [0.1, 0.15) is 18.2 Å². The molecule has 0 aliphatic heterocycles. The zero-order valence-electron chi connectivity index (χ0n) is 12.1. The number of allylic oxidation sites excluding steroid dienone is 2. The van der Waals surface area contributed by atoms with Crippen LogP contribution in [-0.4, -0.2) is 14.0 Å². The van der Waals surface area contributed by atoms with E-state index >= 15 is 0 Å². The zero-order chi connectivity index (χ0) is 15.2. The summed E-state index contributed by atoms with van der Waals surface area (Å²) < 4.78 is 5.09. The molecule has 0 atom stereocenters. The fraction of sp³-hybridized carbons (Fsp3) is 0.250. The minimum atomic E-state index is -1.31. The van der Waals surface area contributed by atoms with E-state index in [4.69, 9.17) is 10.00 Å². The summed E-state index contributed by atoms with van der Waals surface area (Å²) in [5.74, 6) is -0.623. The van der Waals surface area contributed by atoms with Crippen LogP contribution in [0.2, 0.25) is 19.6 Å². The lowest BCUT2D eigenvalue weighted by atomic mass is 10.2. The molecular weight excluding hydrogens is 266 g/mol. The van der Waals surface area contributed by atoms with Gasteiger partial charge in [0.05, 0.1) is 8.07 Å². The van der Waals surface area contributed by atoms with Crippen LogP contribution in [0.3, 0.4) is 0 Å². The van der Waals surface area contributed by atoms with Crippen LogP contribution in [0, 0.1) is 11.3 Å². The molecule has 104 valence electrons. The first-order valence-corrected chi connectivity index (χ1v) is 9.88. The van der Waals surface area contributed by atoms with Gasteiger partial charge in [0.2, 0.25) is 0 Å². The maximum absolute atomic E-state index is 11.6. The van der Waals surface area contributed by atoms with Crippen molar-refractivity contribution < 1.29 is 9.53 Å². The zero-order valence-corrected chi connectivity index (χ0v) is 13.1. The molecule has 0 bridgehead atoms. The van der Waals surface area contributed by atoms with Crippen LogP contribution in [0.5, 0.6) is 0 Å². The molecule has 4 heteroatoms. The van der Waals surface area contributed by atoms with Crippen LogP contribution in [-0.2, 0) is 16.1 Å². The van der Waals surface area contributed by atoms with Gasteiger partial charge in [-0.1, -0.05) is 61.7 Å². The number of benzene rings is 1. The minimum absolute atomic E-state index is 0.0429. The molecule has 0 heterocycles. The fourth-order valence-electron chi connectivity index (χ4n) is 1.60. The van der Waals surface area contributed by atoms with Crippen molar-refractivity contribution in [3.8, 4) is 6.07 Å². The van der Waals surface area contributed by atoms with E-state index < -0.39 is 14.0 Å². The molecule has 1 aromatic carbocycles. The predicted octanol–water partition coefficient (Wildman–Crippen LogP) is 2.91. The van der Waals surface area contributed by atoms with Crippen molar-refractivity contribution in [3.63, 3.8) is 0 Å². The third-order valence-corrected chi connectivity index (χ3v) is 4.88. The highest BCUT2D eigenvalue weighted by Gasteiger charge is 2.16. The van der Waals surface area contributed by atoms with Gasteiger partial charge in [-0.05, 0) is 11.6 Å². The second-order valence-electron chi connectivity index (χ2n) is 5.45. The summed E-state index contributed by atoms with van der Waals surface area (Å²) in [7, 11) is -1.31. The topological polar surface area (TPSA) is 50.1 Å². The van der Waals surface area contributed by atoms with E-state index in [1.165, 1.54) is 17.3 Å². The summed E-state index contributed by atoms with van der Waals surface area (Å²) in [5.41, 5.74) is 0.870. The summed E-state index contributed by atoms with van der Waals surface area (Å²) in [4.78, 5) is 11.6. The number of carbonyl (C=O) groups excluding carboxylic acids is 1. The van der Waals surface area contributed by atoms with Crippen molar-refractivity contribution in [3.05, 3.63) is 54.1 Å². The molecule has 0 aromatic heterocycles. The second kappa shape index (κ2) is 6.87. The standard InChI is InChI=1S/C16H19NO2Si/c1-5-6-14(11-17)16(18)19-12-13-7-9-15(10-8-13)20(2,3)4/h5-10H,1,12H2,2-4H3. The van der Waals surface area contributed by atoms with Gasteiger partial charge in [-0.3, -0.25) is 0 Å². The Balaban J connectivity index is 2.68. The highest BCUT2D eigenvalue weighted by atomic mass is 28.3. The van der Waals surface area contributed by atoms with Gasteiger partial charge in [-0.25, -0.2) is 4.79 Å². The summed E-state index contributed by atoms with van der Waals surface area (Å²) in [5, 5.41) is 10.1. The number of carbonyl (C=O) groups is 1. The van der Waals surface area contributed by atoms with Crippen LogP contribution in [0.15, 0.2) is 48.6 Å². The average molecular weight is 285 g/mol. The summed E-state index contributed by atoms with van der Waals surface area (Å²) >= 11 is 0. The first-order valence-electron chi connectivity index (χ1n) is 6.38. The Morgan fingerprint density at radius 1 is 1.35 bits per heavy atom. The lowest BCUT2D eigenvalue weighted by Gasteiger charge is -2.16. The predicted molar refractivity (Wildman–Crippen MR) is 83.1 cm³/mol. The molecule has 0 radical (unpaired) electrons. The van der Waals surface area contributed by atoms with E-state index in [0.29, 0.717) is 0 Å². The highest BCUT2D eigenvalue weighted by molar-refractivity contribution is 6.88. The Hall–Kier alpha value is -2.12. The molecule has 0 N–H and O–H groups in total. The normalized spacial score (nSPS) is 11.6. The Morgan fingerprint density at radius 3 is 2.40 bits per heavy atom.